The summed E-state index contributed by atoms with van der Waals surface area (Å²) in [7, 11) is 1.31. The van der Waals surface area contributed by atoms with Crippen LogP contribution in [0.1, 0.15) is 5.69 Å². The van der Waals surface area contributed by atoms with Crippen LogP contribution >= 0.6 is 0 Å². The fraction of sp³-hybridized carbons (Fsp3) is 0.429. The van der Waals surface area contributed by atoms with Crippen LogP contribution in [-0.4, -0.2) is 29.3 Å². The molecule has 1 unspecified atom stereocenters. The predicted molar refractivity (Wildman–Crippen MR) is 42.3 cm³/mol. The number of methoxy groups -OCH3 is 1. The monoisotopic (exact) mass is 169 g/mol. The van der Waals surface area contributed by atoms with Gasteiger partial charge >= 0.3 is 5.97 Å². The van der Waals surface area contributed by atoms with E-state index in [1.807, 2.05) is 0 Å². The van der Waals surface area contributed by atoms with Gasteiger partial charge in [0.15, 0.2) is 0 Å². The second-order valence-corrected chi connectivity index (χ2v) is 2.42. The molecule has 5 heteroatoms. The molecule has 3 N–H and O–H groups in total. The number of H-pyrrole nitrogens is 1. The third-order valence-electron chi connectivity index (χ3n) is 1.50. The summed E-state index contributed by atoms with van der Waals surface area (Å²) in [4.78, 5) is 10.9. The van der Waals surface area contributed by atoms with Crippen LogP contribution in [0.25, 0.3) is 0 Å². The molecule has 0 aliphatic heterocycles. The Kier molecular flexibility index (Phi) is 2.82. The minimum Gasteiger partial charge on any atom is -0.468 e. The maximum Gasteiger partial charge on any atom is 0.323 e. The van der Waals surface area contributed by atoms with Crippen molar-refractivity contribution in [3.8, 4) is 0 Å². The average Bonchev–Trinajstić information content (AvgIpc) is 2.55. The summed E-state index contributed by atoms with van der Waals surface area (Å²) in [5, 5.41) is 6.44. The van der Waals surface area contributed by atoms with Crippen molar-refractivity contribution in [1.29, 1.82) is 0 Å². The maximum absolute atomic E-state index is 10.9. The van der Waals surface area contributed by atoms with Crippen LogP contribution in [-0.2, 0) is 16.0 Å². The number of aromatic amines is 1. The Morgan fingerprint density at radius 1 is 1.92 bits per heavy atom. The van der Waals surface area contributed by atoms with Crippen molar-refractivity contribution in [2.24, 2.45) is 5.73 Å². The van der Waals surface area contributed by atoms with Gasteiger partial charge in [0.1, 0.15) is 6.04 Å². The average molecular weight is 169 g/mol. The maximum atomic E-state index is 10.9. The lowest BCUT2D eigenvalue weighted by molar-refractivity contribution is -0.142. The Bertz CT molecular complexity index is 245. The summed E-state index contributed by atoms with van der Waals surface area (Å²) in [6, 6.07) is 1.15. The minimum absolute atomic E-state index is 0.412. The Balaban J connectivity index is 2.47. The van der Waals surface area contributed by atoms with Crippen molar-refractivity contribution in [3.05, 3.63) is 18.0 Å². The molecular formula is C7H11N3O2. The lowest BCUT2D eigenvalue weighted by atomic mass is 10.2. The van der Waals surface area contributed by atoms with Gasteiger partial charge in [-0.2, -0.15) is 5.10 Å². The largest absolute Gasteiger partial charge is 0.468 e. The summed E-state index contributed by atoms with van der Waals surface area (Å²) in [5.41, 5.74) is 6.32. The number of rotatable bonds is 3. The Labute approximate surface area is 69.9 Å². The highest BCUT2D eigenvalue weighted by Crippen LogP contribution is 1.97. The molecule has 0 spiro atoms. The molecule has 66 valence electrons. The Morgan fingerprint density at radius 2 is 2.67 bits per heavy atom. The number of hydrogen-bond donors (Lipinski definition) is 2. The van der Waals surface area contributed by atoms with Crippen LogP contribution in [0.5, 0.6) is 0 Å². The number of hydrogen-bond acceptors (Lipinski definition) is 4. The molecule has 0 aromatic carbocycles. The van der Waals surface area contributed by atoms with Gasteiger partial charge in [0.2, 0.25) is 0 Å². The van der Waals surface area contributed by atoms with Gasteiger partial charge in [-0.05, 0) is 6.07 Å². The van der Waals surface area contributed by atoms with E-state index < -0.39 is 12.0 Å². The molecular weight excluding hydrogens is 158 g/mol. The fourth-order valence-electron chi connectivity index (χ4n) is 0.870. The Hall–Kier alpha value is -1.36. The number of nitrogens with zero attached hydrogens (tertiary/aromatic N) is 1. The van der Waals surface area contributed by atoms with Gasteiger partial charge in [-0.15, -0.1) is 0 Å². The number of esters is 1. The number of nitrogens with one attached hydrogen (secondary N) is 1. The summed E-state index contributed by atoms with van der Waals surface area (Å²) in [6.07, 6.45) is 2.03. The highest BCUT2D eigenvalue weighted by atomic mass is 16.5. The molecule has 0 amide bonds. The van der Waals surface area contributed by atoms with Crippen LogP contribution < -0.4 is 5.73 Å². The van der Waals surface area contributed by atoms with Gasteiger partial charge in [-0.1, -0.05) is 0 Å². The normalized spacial score (nSPS) is 12.5. The van der Waals surface area contributed by atoms with Gasteiger partial charge in [-0.3, -0.25) is 9.89 Å². The molecule has 0 aliphatic rings. The third-order valence-corrected chi connectivity index (χ3v) is 1.50. The molecule has 1 aromatic heterocycles. The lowest BCUT2D eigenvalue weighted by Crippen LogP contribution is -2.33. The van der Waals surface area contributed by atoms with Crippen LogP contribution in [0.4, 0.5) is 0 Å². The van der Waals surface area contributed by atoms with Crippen LogP contribution in [0.3, 0.4) is 0 Å². The summed E-state index contributed by atoms with van der Waals surface area (Å²) >= 11 is 0. The van der Waals surface area contributed by atoms with Crippen molar-refractivity contribution >= 4 is 5.97 Å². The van der Waals surface area contributed by atoms with E-state index in [0.717, 1.165) is 5.69 Å². The van der Waals surface area contributed by atoms with Crippen molar-refractivity contribution in [1.82, 2.24) is 10.2 Å². The lowest BCUT2D eigenvalue weighted by Gasteiger charge is -2.06. The van der Waals surface area contributed by atoms with E-state index in [-0.39, 0.29) is 0 Å². The van der Waals surface area contributed by atoms with E-state index in [1.165, 1.54) is 7.11 Å². The highest BCUT2D eigenvalue weighted by molar-refractivity contribution is 5.75. The van der Waals surface area contributed by atoms with Crippen molar-refractivity contribution in [2.75, 3.05) is 7.11 Å². The van der Waals surface area contributed by atoms with Crippen LogP contribution in [0, 0.1) is 0 Å². The van der Waals surface area contributed by atoms with Gasteiger partial charge in [-0.25, -0.2) is 0 Å². The zero-order chi connectivity index (χ0) is 8.97. The summed E-state index contributed by atoms with van der Waals surface area (Å²) < 4.78 is 4.46. The van der Waals surface area contributed by atoms with E-state index in [0.29, 0.717) is 6.42 Å². The number of nitrogens with two attached hydrogens (primary N) is 1. The van der Waals surface area contributed by atoms with Crippen molar-refractivity contribution < 1.29 is 9.53 Å². The molecule has 1 aromatic rings. The topological polar surface area (TPSA) is 81.0 Å². The van der Waals surface area contributed by atoms with Gasteiger partial charge in [0.25, 0.3) is 0 Å². The molecule has 0 fully saturated rings. The van der Waals surface area contributed by atoms with Gasteiger partial charge in [0, 0.05) is 18.3 Å². The Morgan fingerprint density at radius 3 is 3.17 bits per heavy atom. The van der Waals surface area contributed by atoms with Gasteiger partial charge < -0.3 is 10.5 Å². The first kappa shape index (κ1) is 8.73. The van der Waals surface area contributed by atoms with E-state index in [2.05, 4.69) is 14.9 Å². The van der Waals surface area contributed by atoms with Crippen LogP contribution in [0.15, 0.2) is 12.3 Å². The van der Waals surface area contributed by atoms with Gasteiger partial charge in [0.05, 0.1) is 7.11 Å². The van der Waals surface area contributed by atoms with Crippen molar-refractivity contribution in [2.45, 2.75) is 12.5 Å². The van der Waals surface area contributed by atoms with Crippen molar-refractivity contribution in [3.63, 3.8) is 0 Å². The first-order valence-corrected chi connectivity index (χ1v) is 3.55. The van der Waals surface area contributed by atoms with E-state index in [1.54, 1.807) is 12.3 Å². The summed E-state index contributed by atoms with van der Waals surface area (Å²) in [5.74, 6) is -0.412. The number of ether oxygens (including phenoxy) is 1. The molecule has 0 saturated heterocycles. The smallest absolute Gasteiger partial charge is 0.323 e. The molecule has 1 heterocycles. The highest BCUT2D eigenvalue weighted by Gasteiger charge is 2.14. The number of carbonyl (C=O) groups is 1. The summed E-state index contributed by atoms with van der Waals surface area (Å²) in [6.45, 7) is 0. The molecule has 1 rings (SSSR count). The fourth-order valence-corrected chi connectivity index (χ4v) is 0.870. The third kappa shape index (κ3) is 2.06. The second kappa shape index (κ2) is 3.87. The first-order chi connectivity index (χ1) is 5.74. The first-order valence-electron chi connectivity index (χ1n) is 3.55. The molecule has 0 bridgehead atoms. The number of carbonyl (C=O) groups excluding carboxylic acids is 1. The second-order valence-electron chi connectivity index (χ2n) is 2.42. The standard InChI is InChI=1S/C7H11N3O2/c1-12-7(11)6(8)4-5-2-3-9-10-5/h2-3,6H,4,8H2,1H3,(H,9,10). The number of aromatic nitrogens is 2. The van der Waals surface area contributed by atoms with Crippen LogP contribution in [0.2, 0.25) is 0 Å². The molecule has 0 aliphatic carbocycles. The minimum atomic E-state index is -0.615. The molecule has 12 heavy (non-hydrogen) atoms. The molecule has 5 nitrogen and oxygen atoms in total. The quantitative estimate of drug-likeness (QED) is 0.595. The molecule has 0 radical (unpaired) electrons. The van der Waals surface area contributed by atoms with E-state index in [4.69, 9.17) is 5.73 Å². The zero-order valence-corrected chi connectivity index (χ0v) is 6.78. The molecule has 0 saturated carbocycles. The van der Waals surface area contributed by atoms with E-state index in [9.17, 15) is 4.79 Å². The predicted octanol–water partition coefficient (Wildman–Crippen LogP) is -0.548. The van der Waals surface area contributed by atoms with E-state index >= 15 is 0 Å². The SMILES string of the molecule is COC(=O)C(N)Cc1ccn[nH]1. The molecule has 1 atom stereocenters. The zero-order valence-electron chi connectivity index (χ0n) is 6.78.